The van der Waals surface area contributed by atoms with Crippen molar-refractivity contribution in [3.8, 4) is 11.5 Å². The first-order chi connectivity index (χ1) is 14.7. The number of aliphatic hydroxyl groups excluding tert-OH is 1. The van der Waals surface area contributed by atoms with Crippen LogP contribution in [0, 0.1) is 0 Å². The number of hydrogen-bond acceptors (Lipinski definition) is 4. The minimum absolute atomic E-state index is 0. The van der Waals surface area contributed by atoms with Gasteiger partial charge in [-0.05, 0) is 48.2 Å². The second-order valence-corrected chi connectivity index (χ2v) is 7.39. The molecule has 2 N–H and O–H groups in total. The fourth-order valence-corrected chi connectivity index (χ4v) is 3.82. The van der Waals surface area contributed by atoms with Crippen LogP contribution >= 0.6 is 12.4 Å². The van der Waals surface area contributed by atoms with Crippen LogP contribution < -0.4 is 14.8 Å². The lowest BCUT2D eigenvalue weighted by molar-refractivity contribution is 0.241. The summed E-state index contributed by atoms with van der Waals surface area (Å²) in [4.78, 5) is 0. The topological polar surface area (TPSA) is 50.7 Å². The van der Waals surface area contributed by atoms with Gasteiger partial charge in [-0.1, -0.05) is 66.7 Å². The van der Waals surface area contributed by atoms with Gasteiger partial charge in [-0.3, -0.25) is 0 Å². The molecule has 1 unspecified atom stereocenters. The van der Waals surface area contributed by atoms with Gasteiger partial charge in [0, 0.05) is 12.0 Å². The monoisotopic (exact) mass is 441 g/mol. The van der Waals surface area contributed by atoms with Crippen LogP contribution in [0.5, 0.6) is 11.5 Å². The molecule has 0 saturated heterocycles. The highest BCUT2D eigenvalue weighted by molar-refractivity contribution is 5.85. The molecule has 0 bridgehead atoms. The molecule has 31 heavy (non-hydrogen) atoms. The van der Waals surface area contributed by atoms with Crippen molar-refractivity contribution in [3.63, 3.8) is 0 Å². The molecule has 166 valence electrons. The maximum Gasteiger partial charge on any atom is 0.160 e. The smallest absolute Gasteiger partial charge is 0.160 e. The van der Waals surface area contributed by atoms with E-state index in [1.165, 1.54) is 11.1 Å². The standard InChI is InChI=1S/C26H31NO3.ClH/c1-29-25-14-13-20(18-26(25)30-2)17-23(19-28)27-16-15-24(21-9-5-3-6-10-21)22-11-7-4-8-12-22;/h3-14,18,23-24,27-28H,15-17,19H2,1-2H3;1H. The van der Waals surface area contributed by atoms with E-state index in [1.54, 1.807) is 14.2 Å². The van der Waals surface area contributed by atoms with Gasteiger partial charge in [-0.2, -0.15) is 0 Å². The van der Waals surface area contributed by atoms with E-state index in [4.69, 9.17) is 9.47 Å². The molecular weight excluding hydrogens is 410 g/mol. The largest absolute Gasteiger partial charge is 0.493 e. The van der Waals surface area contributed by atoms with Crippen LogP contribution in [0.15, 0.2) is 78.9 Å². The Morgan fingerprint density at radius 3 is 1.90 bits per heavy atom. The molecule has 5 heteroatoms. The van der Waals surface area contributed by atoms with Crippen molar-refractivity contribution in [2.75, 3.05) is 27.4 Å². The SMILES string of the molecule is COc1ccc(CC(CO)NCCC(c2ccccc2)c2ccccc2)cc1OC.Cl. The molecule has 0 heterocycles. The third-order valence-electron chi connectivity index (χ3n) is 5.42. The number of nitrogens with one attached hydrogen (secondary N) is 1. The number of hydrogen-bond donors (Lipinski definition) is 2. The Labute approximate surface area is 191 Å². The Morgan fingerprint density at radius 2 is 1.39 bits per heavy atom. The fourth-order valence-electron chi connectivity index (χ4n) is 3.82. The summed E-state index contributed by atoms with van der Waals surface area (Å²) in [6.45, 7) is 0.892. The molecule has 0 radical (unpaired) electrons. The first-order valence-electron chi connectivity index (χ1n) is 10.4. The van der Waals surface area contributed by atoms with E-state index in [9.17, 15) is 5.11 Å². The lowest BCUT2D eigenvalue weighted by Crippen LogP contribution is -2.35. The molecule has 3 aromatic rings. The lowest BCUT2D eigenvalue weighted by atomic mass is 9.88. The lowest BCUT2D eigenvalue weighted by Gasteiger charge is -2.21. The minimum Gasteiger partial charge on any atom is -0.493 e. The van der Waals surface area contributed by atoms with Gasteiger partial charge < -0.3 is 19.9 Å². The maximum absolute atomic E-state index is 9.90. The van der Waals surface area contributed by atoms with Crippen LogP contribution in [0.1, 0.15) is 29.0 Å². The molecule has 0 amide bonds. The van der Waals surface area contributed by atoms with Crippen LogP contribution in [-0.2, 0) is 6.42 Å². The second-order valence-electron chi connectivity index (χ2n) is 7.39. The van der Waals surface area contributed by atoms with E-state index in [0.717, 1.165) is 24.9 Å². The highest BCUT2D eigenvalue weighted by Gasteiger charge is 2.15. The summed E-state index contributed by atoms with van der Waals surface area (Å²) >= 11 is 0. The summed E-state index contributed by atoms with van der Waals surface area (Å²) in [5.41, 5.74) is 3.72. The Morgan fingerprint density at radius 1 is 0.806 bits per heavy atom. The van der Waals surface area contributed by atoms with Crippen molar-refractivity contribution in [1.29, 1.82) is 0 Å². The first kappa shape index (κ1) is 24.7. The van der Waals surface area contributed by atoms with E-state index in [0.29, 0.717) is 17.4 Å². The van der Waals surface area contributed by atoms with Gasteiger partial charge >= 0.3 is 0 Å². The summed E-state index contributed by atoms with van der Waals surface area (Å²) in [6, 6.07) is 27.1. The van der Waals surface area contributed by atoms with Gasteiger partial charge in [-0.25, -0.2) is 0 Å². The summed E-state index contributed by atoms with van der Waals surface area (Å²) in [5.74, 6) is 1.74. The summed E-state index contributed by atoms with van der Waals surface area (Å²) in [6.07, 6.45) is 1.68. The number of methoxy groups -OCH3 is 2. The molecule has 0 aliphatic rings. The van der Waals surface area contributed by atoms with Crippen LogP contribution in [0.25, 0.3) is 0 Å². The van der Waals surface area contributed by atoms with Gasteiger partial charge in [0.05, 0.1) is 20.8 Å². The highest BCUT2D eigenvalue weighted by atomic mass is 35.5. The first-order valence-corrected chi connectivity index (χ1v) is 10.4. The number of rotatable bonds is 11. The molecule has 0 fully saturated rings. The Hall–Kier alpha value is -2.53. The number of halogens is 1. The van der Waals surface area contributed by atoms with Gasteiger partial charge in [-0.15, -0.1) is 12.4 Å². The van der Waals surface area contributed by atoms with Crippen LogP contribution in [-0.4, -0.2) is 38.5 Å². The molecule has 0 spiro atoms. The molecule has 0 aromatic heterocycles. The van der Waals surface area contributed by atoms with Crippen molar-refractivity contribution in [1.82, 2.24) is 5.32 Å². The van der Waals surface area contributed by atoms with Crippen molar-refractivity contribution >= 4 is 12.4 Å². The molecule has 0 saturated carbocycles. The van der Waals surface area contributed by atoms with Crippen LogP contribution in [0.3, 0.4) is 0 Å². The molecular formula is C26H32ClNO3. The zero-order valence-electron chi connectivity index (χ0n) is 18.2. The van der Waals surface area contributed by atoms with Gasteiger partial charge in [0.1, 0.15) is 0 Å². The predicted octanol–water partition coefficient (Wildman–Crippen LogP) is 4.84. The number of aliphatic hydroxyl groups is 1. The molecule has 0 aliphatic carbocycles. The van der Waals surface area contributed by atoms with E-state index < -0.39 is 0 Å². The molecule has 0 aliphatic heterocycles. The third-order valence-corrected chi connectivity index (χ3v) is 5.42. The molecule has 4 nitrogen and oxygen atoms in total. The molecule has 1 atom stereocenters. The number of ether oxygens (including phenoxy) is 2. The highest BCUT2D eigenvalue weighted by Crippen LogP contribution is 2.29. The van der Waals surface area contributed by atoms with Crippen molar-refractivity contribution in [2.45, 2.75) is 24.8 Å². The minimum atomic E-state index is -0.0182. The van der Waals surface area contributed by atoms with E-state index in [2.05, 4.69) is 66.0 Å². The van der Waals surface area contributed by atoms with E-state index in [-0.39, 0.29) is 25.1 Å². The normalized spacial score (nSPS) is 11.6. The Kier molecular flexibility index (Phi) is 10.4. The van der Waals surface area contributed by atoms with Gasteiger partial charge in [0.2, 0.25) is 0 Å². The van der Waals surface area contributed by atoms with Gasteiger partial charge in [0.15, 0.2) is 11.5 Å². The van der Waals surface area contributed by atoms with Crippen molar-refractivity contribution in [2.24, 2.45) is 0 Å². The average Bonchev–Trinajstić information content (AvgIpc) is 2.82. The number of benzene rings is 3. The quantitative estimate of drug-likeness (QED) is 0.447. The van der Waals surface area contributed by atoms with E-state index in [1.807, 2.05) is 18.2 Å². The fraction of sp³-hybridized carbons (Fsp3) is 0.308. The summed E-state index contributed by atoms with van der Waals surface area (Å²) < 4.78 is 10.7. The molecule has 3 rings (SSSR count). The third kappa shape index (κ3) is 7.00. The van der Waals surface area contributed by atoms with Crippen LogP contribution in [0.4, 0.5) is 0 Å². The maximum atomic E-state index is 9.90. The van der Waals surface area contributed by atoms with Crippen molar-refractivity contribution in [3.05, 3.63) is 95.6 Å². The summed E-state index contributed by atoms with van der Waals surface area (Å²) in [5, 5.41) is 13.4. The average molecular weight is 442 g/mol. The second kappa shape index (κ2) is 13.0. The molecule has 3 aromatic carbocycles. The zero-order valence-corrected chi connectivity index (χ0v) is 19.0. The van der Waals surface area contributed by atoms with Gasteiger partial charge in [0.25, 0.3) is 0 Å². The van der Waals surface area contributed by atoms with Crippen LogP contribution in [0.2, 0.25) is 0 Å². The van der Waals surface area contributed by atoms with E-state index >= 15 is 0 Å². The zero-order chi connectivity index (χ0) is 21.2. The Bertz CT molecular complexity index is 850. The Balaban J connectivity index is 0.00000341. The van der Waals surface area contributed by atoms with Crippen molar-refractivity contribution < 1.29 is 14.6 Å². The predicted molar refractivity (Wildman–Crippen MR) is 129 cm³/mol. The summed E-state index contributed by atoms with van der Waals surface area (Å²) in [7, 11) is 3.27.